The summed E-state index contributed by atoms with van der Waals surface area (Å²) in [6.45, 7) is 3.84. The molecule has 0 saturated carbocycles. The molecule has 0 bridgehead atoms. The highest BCUT2D eigenvalue weighted by atomic mass is 16.5. The van der Waals surface area contributed by atoms with Gasteiger partial charge >= 0.3 is 0 Å². The molecule has 0 atom stereocenters. The first kappa shape index (κ1) is 12.5. The minimum Gasteiger partial charge on any atom is -0.385 e. The van der Waals surface area contributed by atoms with E-state index in [1.807, 2.05) is 25.1 Å². The van der Waals surface area contributed by atoms with Gasteiger partial charge in [0.15, 0.2) is 0 Å². The lowest BCUT2D eigenvalue weighted by Gasteiger charge is -2.10. The maximum atomic E-state index is 11.8. The summed E-state index contributed by atoms with van der Waals surface area (Å²) in [6, 6.07) is 7.46. The number of carbonyl (C=O) groups excluding carboxylic acids is 1. The van der Waals surface area contributed by atoms with Gasteiger partial charge in [0.1, 0.15) is 0 Å². The van der Waals surface area contributed by atoms with Crippen LogP contribution in [0.15, 0.2) is 24.3 Å². The number of benzene rings is 1. The zero-order chi connectivity index (χ0) is 11.8. The molecule has 0 aliphatic rings. The monoisotopic (exact) mass is 222 g/mol. The maximum absolute atomic E-state index is 11.8. The molecule has 16 heavy (non-hydrogen) atoms. The summed E-state index contributed by atoms with van der Waals surface area (Å²) in [7, 11) is 1.61. The Morgan fingerprint density at radius 1 is 1.38 bits per heavy atom. The molecule has 0 saturated heterocycles. The van der Waals surface area contributed by atoms with Gasteiger partial charge in [-0.25, -0.2) is 0 Å². The Morgan fingerprint density at radius 3 is 2.81 bits per heavy atom. The number of carbonyl (C=O) groups is 1. The van der Waals surface area contributed by atoms with Crippen LogP contribution in [0, 0.1) is 0 Å². The van der Waals surface area contributed by atoms with Crippen molar-refractivity contribution in [2.75, 3.05) is 32.1 Å². The lowest BCUT2D eigenvalue weighted by Crippen LogP contribution is -2.27. The summed E-state index contributed by atoms with van der Waals surface area (Å²) in [5.41, 5.74) is 1.53. The van der Waals surface area contributed by atoms with Crippen molar-refractivity contribution >= 4 is 11.6 Å². The van der Waals surface area contributed by atoms with Gasteiger partial charge in [0.25, 0.3) is 5.91 Å². The van der Waals surface area contributed by atoms with Gasteiger partial charge in [0.2, 0.25) is 0 Å². The van der Waals surface area contributed by atoms with Crippen LogP contribution in [0.5, 0.6) is 0 Å². The second-order valence-electron chi connectivity index (χ2n) is 3.32. The molecule has 0 fully saturated rings. The predicted octanol–water partition coefficient (Wildman–Crippen LogP) is 1.49. The standard InChI is InChI=1S/C12H18N2O2/c1-3-13-11-7-5-4-6-10(11)12(15)14-8-9-16-2/h4-7,13H,3,8-9H2,1-2H3,(H,14,15). The van der Waals surface area contributed by atoms with E-state index in [1.165, 1.54) is 0 Å². The topological polar surface area (TPSA) is 50.4 Å². The van der Waals surface area contributed by atoms with Gasteiger partial charge in [-0.3, -0.25) is 4.79 Å². The molecular weight excluding hydrogens is 204 g/mol. The normalized spacial score (nSPS) is 9.88. The highest BCUT2D eigenvalue weighted by Crippen LogP contribution is 2.14. The van der Waals surface area contributed by atoms with Crippen molar-refractivity contribution in [3.8, 4) is 0 Å². The Balaban J connectivity index is 2.66. The highest BCUT2D eigenvalue weighted by Gasteiger charge is 2.08. The lowest BCUT2D eigenvalue weighted by atomic mass is 10.1. The number of ether oxygens (including phenoxy) is 1. The molecule has 0 radical (unpaired) electrons. The molecule has 0 aliphatic heterocycles. The van der Waals surface area contributed by atoms with Gasteiger partial charge in [-0.05, 0) is 19.1 Å². The Labute approximate surface area is 96.0 Å². The Kier molecular flexibility index (Phi) is 5.36. The number of para-hydroxylation sites is 1. The highest BCUT2D eigenvalue weighted by molar-refractivity contribution is 5.99. The first-order chi connectivity index (χ1) is 7.79. The first-order valence-corrected chi connectivity index (χ1v) is 5.39. The van der Waals surface area contributed by atoms with Crippen molar-refractivity contribution in [3.05, 3.63) is 29.8 Å². The van der Waals surface area contributed by atoms with E-state index in [2.05, 4.69) is 10.6 Å². The molecular formula is C12H18N2O2. The average Bonchev–Trinajstić information content (AvgIpc) is 2.30. The minimum absolute atomic E-state index is 0.0754. The van der Waals surface area contributed by atoms with E-state index in [-0.39, 0.29) is 5.91 Å². The number of methoxy groups -OCH3 is 1. The van der Waals surface area contributed by atoms with Crippen molar-refractivity contribution in [2.24, 2.45) is 0 Å². The van der Waals surface area contributed by atoms with E-state index in [4.69, 9.17) is 4.74 Å². The molecule has 1 amide bonds. The molecule has 1 aromatic rings. The smallest absolute Gasteiger partial charge is 0.253 e. The minimum atomic E-state index is -0.0754. The van der Waals surface area contributed by atoms with E-state index >= 15 is 0 Å². The van der Waals surface area contributed by atoms with Crippen molar-refractivity contribution in [1.82, 2.24) is 5.32 Å². The SMILES string of the molecule is CCNc1ccccc1C(=O)NCCOC. The number of anilines is 1. The van der Waals surface area contributed by atoms with Crippen LogP contribution in [0.1, 0.15) is 17.3 Å². The van der Waals surface area contributed by atoms with Crippen LogP contribution in [-0.2, 0) is 4.74 Å². The van der Waals surface area contributed by atoms with Gasteiger partial charge in [0.05, 0.1) is 12.2 Å². The maximum Gasteiger partial charge on any atom is 0.253 e. The summed E-state index contributed by atoms with van der Waals surface area (Å²) in [5, 5.41) is 5.95. The number of amides is 1. The molecule has 2 N–H and O–H groups in total. The molecule has 0 aliphatic carbocycles. The summed E-state index contributed by atoms with van der Waals surface area (Å²) in [4.78, 5) is 11.8. The third kappa shape index (κ3) is 3.55. The summed E-state index contributed by atoms with van der Waals surface area (Å²) >= 11 is 0. The molecule has 1 aromatic carbocycles. The Hall–Kier alpha value is -1.55. The van der Waals surface area contributed by atoms with Crippen molar-refractivity contribution in [2.45, 2.75) is 6.92 Å². The quantitative estimate of drug-likeness (QED) is 0.717. The van der Waals surface area contributed by atoms with Gasteiger partial charge in [-0.2, -0.15) is 0 Å². The summed E-state index contributed by atoms with van der Waals surface area (Å²) < 4.78 is 4.88. The largest absolute Gasteiger partial charge is 0.385 e. The van der Waals surface area contributed by atoms with Crippen molar-refractivity contribution in [1.29, 1.82) is 0 Å². The van der Waals surface area contributed by atoms with E-state index in [0.29, 0.717) is 18.7 Å². The van der Waals surface area contributed by atoms with Crippen LogP contribution < -0.4 is 10.6 Å². The number of rotatable bonds is 6. The third-order valence-corrected chi connectivity index (χ3v) is 2.13. The van der Waals surface area contributed by atoms with Gasteiger partial charge in [0, 0.05) is 25.9 Å². The molecule has 0 spiro atoms. The molecule has 0 heterocycles. The molecule has 4 nitrogen and oxygen atoms in total. The van der Waals surface area contributed by atoms with E-state index in [9.17, 15) is 4.79 Å². The molecule has 0 unspecified atom stereocenters. The van der Waals surface area contributed by atoms with Crippen LogP contribution in [0.25, 0.3) is 0 Å². The van der Waals surface area contributed by atoms with Gasteiger partial charge in [-0.15, -0.1) is 0 Å². The van der Waals surface area contributed by atoms with Crippen LogP contribution in [-0.4, -0.2) is 32.7 Å². The van der Waals surface area contributed by atoms with Gasteiger partial charge < -0.3 is 15.4 Å². The molecule has 4 heteroatoms. The van der Waals surface area contributed by atoms with E-state index < -0.39 is 0 Å². The second-order valence-corrected chi connectivity index (χ2v) is 3.32. The van der Waals surface area contributed by atoms with Crippen molar-refractivity contribution in [3.63, 3.8) is 0 Å². The molecule has 0 aromatic heterocycles. The number of nitrogens with one attached hydrogen (secondary N) is 2. The number of hydrogen-bond acceptors (Lipinski definition) is 3. The fourth-order valence-electron chi connectivity index (χ4n) is 1.39. The second kappa shape index (κ2) is 6.85. The fraction of sp³-hybridized carbons (Fsp3) is 0.417. The fourth-order valence-corrected chi connectivity index (χ4v) is 1.39. The zero-order valence-corrected chi connectivity index (χ0v) is 9.75. The van der Waals surface area contributed by atoms with E-state index in [0.717, 1.165) is 12.2 Å². The van der Waals surface area contributed by atoms with Crippen LogP contribution in [0.4, 0.5) is 5.69 Å². The van der Waals surface area contributed by atoms with Crippen molar-refractivity contribution < 1.29 is 9.53 Å². The Bertz CT molecular complexity index is 340. The zero-order valence-electron chi connectivity index (χ0n) is 9.75. The molecule has 88 valence electrons. The van der Waals surface area contributed by atoms with E-state index in [1.54, 1.807) is 13.2 Å². The number of hydrogen-bond donors (Lipinski definition) is 2. The third-order valence-electron chi connectivity index (χ3n) is 2.13. The summed E-state index contributed by atoms with van der Waals surface area (Å²) in [5.74, 6) is -0.0754. The first-order valence-electron chi connectivity index (χ1n) is 5.39. The van der Waals surface area contributed by atoms with Gasteiger partial charge in [-0.1, -0.05) is 12.1 Å². The average molecular weight is 222 g/mol. The lowest BCUT2D eigenvalue weighted by molar-refractivity contribution is 0.0938. The molecule has 1 rings (SSSR count). The predicted molar refractivity (Wildman–Crippen MR) is 64.8 cm³/mol. The summed E-state index contributed by atoms with van der Waals surface area (Å²) in [6.07, 6.45) is 0. The van der Waals surface area contributed by atoms with Crippen LogP contribution in [0.2, 0.25) is 0 Å². The van der Waals surface area contributed by atoms with Crippen LogP contribution >= 0.6 is 0 Å². The van der Waals surface area contributed by atoms with Crippen LogP contribution in [0.3, 0.4) is 0 Å². The Morgan fingerprint density at radius 2 is 2.12 bits per heavy atom.